The molecule has 3 N–H and O–H groups in total. The van der Waals surface area contributed by atoms with Gasteiger partial charge in [0.2, 0.25) is 5.91 Å². The van der Waals surface area contributed by atoms with Crippen LogP contribution in [-0.4, -0.2) is 31.0 Å². The standard InChI is InChI=1S/C11H19N3O/c1-11(2,9-4-5-13-6-9)8-14-10(15)7-12-3/h4-6,12-13H,7-8H2,1-3H3,(H,14,15). The number of rotatable bonds is 5. The van der Waals surface area contributed by atoms with Crippen LogP contribution in [0.15, 0.2) is 18.5 Å². The third-order valence-electron chi connectivity index (χ3n) is 2.44. The van der Waals surface area contributed by atoms with E-state index in [9.17, 15) is 4.79 Å². The zero-order valence-electron chi connectivity index (χ0n) is 9.55. The molecule has 0 bridgehead atoms. The molecule has 0 aliphatic heterocycles. The zero-order chi connectivity index (χ0) is 11.3. The average molecular weight is 209 g/mol. The van der Waals surface area contributed by atoms with Crippen molar-refractivity contribution in [3.05, 3.63) is 24.0 Å². The largest absolute Gasteiger partial charge is 0.367 e. The van der Waals surface area contributed by atoms with Gasteiger partial charge >= 0.3 is 0 Å². The van der Waals surface area contributed by atoms with Gasteiger partial charge in [-0.2, -0.15) is 0 Å². The van der Waals surface area contributed by atoms with Gasteiger partial charge < -0.3 is 15.6 Å². The van der Waals surface area contributed by atoms with Gasteiger partial charge in [-0.1, -0.05) is 13.8 Å². The van der Waals surface area contributed by atoms with Gasteiger partial charge in [-0.25, -0.2) is 0 Å². The van der Waals surface area contributed by atoms with E-state index in [4.69, 9.17) is 0 Å². The normalized spacial score (nSPS) is 11.4. The number of carbonyl (C=O) groups is 1. The second kappa shape index (κ2) is 4.98. The highest BCUT2D eigenvalue weighted by Crippen LogP contribution is 2.21. The van der Waals surface area contributed by atoms with Crippen molar-refractivity contribution >= 4 is 5.91 Å². The molecule has 1 aromatic heterocycles. The minimum Gasteiger partial charge on any atom is -0.367 e. The minimum atomic E-state index is -0.0383. The van der Waals surface area contributed by atoms with E-state index >= 15 is 0 Å². The molecular weight excluding hydrogens is 190 g/mol. The van der Waals surface area contributed by atoms with Crippen LogP contribution in [0.1, 0.15) is 19.4 Å². The molecule has 1 heterocycles. The summed E-state index contributed by atoms with van der Waals surface area (Å²) in [6.07, 6.45) is 3.86. The molecule has 0 unspecified atom stereocenters. The SMILES string of the molecule is CNCC(=O)NCC(C)(C)c1cc[nH]c1. The van der Waals surface area contributed by atoms with Crippen molar-refractivity contribution in [2.24, 2.45) is 0 Å². The van der Waals surface area contributed by atoms with Crippen LogP contribution in [0, 0.1) is 0 Å². The van der Waals surface area contributed by atoms with Crippen molar-refractivity contribution in [1.82, 2.24) is 15.6 Å². The van der Waals surface area contributed by atoms with Crippen LogP contribution < -0.4 is 10.6 Å². The highest BCUT2D eigenvalue weighted by Gasteiger charge is 2.21. The summed E-state index contributed by atoms with van der Waals surface area (Å²) in [5.74, 6) is 0.0288. The Bertz CT molecular complexity index is 304. The fourth-order valence-electron chi connectivity index (χ4n) is 1.39. The van der Waals surface area contributed by atoms with E-state index in [0.717, 1.165) is 0 Å². The lowest BCUT2D eigenvalue weighted by Gasteiger charge is -2.24. The first kappa shape index (κ1) is 11.8. The summed E-state index contributed by atoms with van der Waals surface area (Å²) < 4.78 is 0. The van der Waals surface area contributed by atoms with E-state index in [1.807, 2.05) is 18.5 Å². The van der Waals surface area contributed by atoms with Gasteiger partial charge in [0.15, 0.2) is 0 Å². The quantitative estimate of drug-likeness (QED) is 0.666. The first-order chi connectivity index (χ1) is 7.06. The summed E-state index contributed by atoms with van der Waals surface area (Å²) in [4.78, 5) is 14.3. The Hall–Kier alpha value is -1.29. The Morgan fingerprint density at radius 3 is 2.80 bits per heavy atom. The fraction of sp³-hybridized carbons (Fsp3) is 0.545. The van der Waals surface area contributed by atoms with E-state index in [-0.39, 0.29) is 11.3 Å². The molecule has 4 nitrogen and oxygen atoms in total. The molecule has 0 atom stereocenters. The van der Waals surface area contributed by atoms with Crippen molar-refractivity contribution < 1.29 is 4.79 Å². The number of hydrogen-bond acceptors (Lipinski definition) is 2. The number of aromatic nitrogens is 1. The number of hydrogen-bond donors (Lipinski definition) is 3. The lowest BCUT2D eigenvalue weighted by molar-refractivity contribution is -0.120. The van der Waals surface area contributed by atoms with Crippen molar-refractivity contribution in [3.8, 4) is 0 Å². The summed E-state index contributed by atoms with van der Waals surface area (Å²) >= 11 is 0. The number of amides is 1. The predicted molar refractivity (Wildman–Crippen MR) is 60.8 cm³/mol. The molecule has 0 saturated carbocycles. The summed E-state index contributed by atoms with van der Waals surface area (Å²) in [6, 6.07) is 2.03. The topological polar surface area (TPSA) is 56.9 Å². The number of aromatic amines is 1. The molecule has 0 aliphatic carbocycles. The van der Waals surface area contributed by atoms with Crippen molar-refractivity contribution in [3.63, 3.8) is 0 Å². The molecule has 0 aliphatic rings. The van der Waals surface area contributed by atoms with Gasteiger partial charge in [-0.05, 0) is 18.7 Å². The summed E-state index contributed by atoms with van der Waals surface area (Å²) in [6.45, 7) is 5.22. The molecule has 0 fully saturated rings. The van der Waals surface area contributed by atoms with Gasteiger partial charge in [0.05, 0.1) is 6.54 Å². The van der Waals surface area contributed by atoms with Crippen LogP contribution in [-0.2, 0) is 10.2 Å². The first-order valence-corrected chi connectivity index (χ1v) is 5.11. The fourth-order valence-corrected chi connectivity index (χ4v) is 1.39. The molecule has 84 valence electrons. The second-order valence-corrected chi connectivity index (χ2v) is 4.29. The van der Waals surface area contributed by atoms with E-state index in [1.54, 1.807) is 7.05 Å². The number of H-pyrrole nitrogens is 1. The number of likely N-dealkylation sites (N-methyl/N-ethyl adjacent to an activating group) is 1. The highest BCUT2D eigenvalue weighted by atomic mass is 16.1. The summed E-state index contributed by atoms with van der Waals surface area (Å²) in [5.41, 5.74) is 1.16. The number of carbonyl (C=O) groups excluding carboxylic acids is 1. The Morgan fingerprint density at radius 2 is 2.27 bits per heavy atom. The van der Waals surface area contributed by atoms with Gasteiger partial charge in [-0.3, -0.25) is 4.79 Å². The third kappa shape index (κ3) is 3.40. The van der Waals surface area contributed by atoms with Crippen molar-refractivity contribution in [2.75, 3.05) is 20.1 Å². The lowest BCUT2D eigenvalue weighted by atomic mass is 9.86. The van der Waals surface area contributed by atoms with E-state index < -0.39 is 0 Å². The Balaban J connectivity index is 2.47. The van der Waals surface area contributed by atoms with Crippen LogP contribution in [0.2, 0.25) is 0 Å². The molecule has 0 radical (unpaired) electrons. The summed E-state index contributed by atoms with van der Waals surface area (Å²) in [5, 5.41) is 5.72. The molecule has 4 heteroatoms. The van der Waals surface area contributed by atoms with E-state index in [1.165, 1.54) is 5.56 Å². The van der Waals surface area contributed by atoms with Gasteiger partial charge in [0.1, 0.15) is 0 Å². The second-order valence-electron chi connectivity index (χ2n) is 4.29. The van der Waals surface area contributed by atoms with Gasteiger partial charge in [0.25, 0.3) is 0 Å². The van der Waals surface area contributed by atoms with Crippen molar-refractivity contribution in [1.29, 1.82) is 0 Å². The third-order valence-corrected chi connectivity index (χ3v) is 2.44. The van der Waals surface area contributed by atoms with E-state index in [2.05, 4.69) is 29.5 Å². The zero-order valence-corrected chi connectivity index (χ0v) is 9.55. The lowest BCUT2D eigenvalue weighted by Crippen LogP contribution is -2.40. The monoisotopic (exact) mass is 209 g/mol. The first-order valence-electron chi connectivity index (χ1n) is 5.11. The van der Waals surface area contributed by atoms with Crippen LogP contribution in [0.4, 0.5) is 0 Å². The van der Waals surface area contributed by atoms with E-state index in [0.29, 0.717) is 13.1 Å². The molecule has 1 rings (SSSR count). The maximum absolute atomic E-state index is 11.3. The summed E-state index contributed by atoms with van der Waals surface area (Å²) in [7, 11) is 1.76. The smallest absolute Gasteiger partial charge is 0.233 e. The average Bonchev–Trinajstić information content (AvgIpc) is 2.69. The molecule has 0 saturated heterocycles. The molecule has 1 aromatic rings. The van der Waals surface area contributed by atoms with Gasteiger partial charge in [-0.15, -0.1) is 0 Å². The molecule has 0 spiro atoms. The molecule has 1 amide bonds. The predicted octanol–water partition coefficient (Wildman–Crippen LogP) is 0.628. The molecule has 15 heavy (non-hydrogen) atoms. The van der Waals surface area contributed by atoms with Crippen LogP contribution in [0.25, 0.3) is 0 Å². The maximum atomic E-state index is 11.3. The Labute approximate surface area is 90.5 Å². The Kier molecular flexibility index (Phi) is 3.91. The van der Waals surface area contributed by atoms with Crippen molar-refractivity contribution in [2.45, 2.75) is 19.3 Å². The van der Waals surface area contributed by atoms with Crippen LogP contribution in [0.3, 0.4) is 0 Å². The molecule has 0 aromatic carbocycles. The Morgan fingerprint density at radius 1 is 1.53 bits per heavy atom. The molecular formula is C11H19N3O. The van der Waals surface area contributed by atoms with Crippen LogP contribution in [0.5, 0.6) is 0 Å². The van der Waals surface area contributed by atoms with Crippen LogP contribution >= 0.6 is 0 Å². The minimum absolute atomic E-state index is 0.0288. The maximum Gasteiger partial charge on any atom is 0.233 e. The number of nitrogens with one attached hydrogen (secondary N) is 3. The highest BCUT2D eigenvalue weighted by molar-refractivity contribution is 5.78. The van der Waals surface area contributed by atoms with Gasteiger partial charge in [0, 0.05) is 24.4 Å².